The van der Waals surface area contributed by atoms with Crippen molar-refractivity contribution in [3.05, 3.63) is 0 Å². The molecule has 0 heterocycles. The Kier molecular flexibility index (Phi) is 9.92. The standard InChI is InChI=1S/C13H28N2O3/c1-13(2,6-7-14)5-4-12(17)15-8-3-10-18-11-9-16/h16H,3-11,14H2,1-2H3,(H,15,17). The van der Waals surface area contributed by atoms with E-state index in [0.717, 1.165) is 19.3 Å². The summed E-state index contributed by atoms with van der Waals surface area (Å²) in [4.78, 5) is 11.6. The highest BCUT2D eigenvalue weighted by Gasteiger charge is 2.17. The second-order valence-electron chi connectivity index (χ2n) is 5.24. The Labute approximate surface area is 110 Å². The molecular formula is C13H28N2O3. The van der Waals surface area contributed by atoms with Crippen LogP contribution in [0.1, 0.15) is 39.5 Å². The molecular weight excluding hydrogens is 232 g/mol. The molecule has 4 N–H and O–H groups in total. The Bertz CT molecular complexity index is 220. The van der Waals surface area contributed by atoms with Gasteiger partial charge in [-0.3, -0.25) is 4.79 Å². The van der Waals surface area contributed by atoms with E-state index in [1.54, 1.807) is 0 Å². The highest BCUT2D eigenvalue weighted by molar-refractivity contribution is 5.75. The molecule has 0 bridgehead atoms. The van der Waals surface area contributed by atoms with Gasteiger partial charge in [0, 0.05) is 19.6 Å². The lowest BCUT2D eigenvalue weighted by Gasteiger charge is -2.23. The van der Waals surface area contributed by atoms with Gasteiger partial charge in [-0.1, -0.05) is 13.8 Å². The van der Waals surface area contributed by atoms with E-state index in [9.17, 15) is 4.79 Å². The van der Waals surface area contributed by atoms with Crippen molar-refractivity contribution in [3.8, 4) is 0 Å². The second kappa shape index (κ2) is 10.3. The normalized spacial score (nSPS) is 11.6. The van der Waals surface area contributed by atoms with Crippen LogP contribution in [0, 0.1) is 5.41 Å². The molecule has 0 unspecified atom stereocenters. The number of nitrogens with two attached hydrogens (primary N) is 1. The summed E-state index contributed by atoms with van der Waals surface area (Å²) in [6, 6.07) is 0. The zero-order chi connectivity index (χ0) is 13.9. The van der Waals surface area contributed by atoms with Gasteiger partial charge in [0.25, 0.3) is 0 Å². The molecule has 18 heavy (non-hydrogen) atoms. The first-order valence-corrected chi connectivity index (χ1v) is 6.67. The minimum atomic E-state index is 0.0442. The number of hydrogen-bond acceptors (Lipinski definition) is 4. The minimum absolute atomic E-state index is 0.0442. The lowest BCUT2D eigenvalue weighted by Crippen LogP contribution is -2.27. The van der Waals surface area contributed by atoms with Crippen LogP contribution in [0.25, 0.3) is 0 Å². The van der Waals surface area contributed by atoms with Crippen molar-refractivity contribution in [3.63, 3.8) is 0 Å². The predicted octanol–water partition coefficient (Wildman–Crippen LogP) is 0.657. The van der Waals surface area contributed by atoms with E-state index in [4.69, 9.17) is 15.6 Å². The number of nitrogens with one attached hydrogen (secondary N) is 1. The van der Waals surface area contributed by atoms with E-state index >= 15 is 0 Å². The number of aliphatic hydroxyl groups excluding tert-OH is 1. The summed E-state index contributed by atoms with van der Waals surface area (Å²) in [6.45, 7) is 6.54. The number of ether oxygens (including phenoxy) is 1. The first-order chi connectivity index (χ1) is 8.52. The third kappa shape index (κ3) is 10.5. The molecule has 108 valence electrons. The summed E-state index contributed by atoms with van der Waals surface area (Å²) in [5.41, 5.74) is 5.66. The van der Waals surface area contributed by atoms with E-state index in [1.165, 1.54) is 0 Å². The molecule has 1 amide bonds. The van der Waals surface area contributed by atoms with Gasteiger partial charge in [-0.2, -0.15) is 0 Å². The smallest absolute Gasteiger partial charge is 0.220 e. The first-order valence-electron chi connectivity index (χ1n) is 6.67. The molecule has 0 aliphatic heterocycles. The maximum absolute atomic E-state index is 11.6. The number of aliphatic hydroxyl groups is 1. The molecule has 0 rings (SSSR count). The molecule has 0 atom stereocenters. The SMILES string of the molecule is CC(C)(CCN)CCC(=O)NCCCOCCO. The van der Waals surface area contributed by atoms with Crippen LogP contribution in [0.15, 0.2) is 0 Å². The highest BCUT2D eigenvalue weighted by atomic mass is 16.5. The summed E-state index contributed by atoms with van der Waals surface area (Å²) in [5, 5.41) is 11.4. The molecule has 0 spiro atoms. The Morgan fingerprint density at radius 2 is 2.06 bits per heavy atom. The molecule has 0 aliphatic rings. The monoisotopic (exact) mass is 260 g/mol. The third-order valence-electron chi connectivity index (χ3n) is 2.87. The predicted molar refractivity (Wildman–Crippen MR) is 72.2 cm³/mol. The second-order valence-corrected chi connectivity index (χ2v) is 5.24. The van der Waals surface area contributed by atoms with E-state index in [-0.39, 0.29) is 17.9 Å². The van der Waals surface area contributed by atoms with Crippen LogP contribution in [-0.2, 0) is 9.53 Å². The van der Waals surface area contributed by atoms with Gasteiger partial charge >= 0.3 is 0 Å². The lowest BCUT2D eigenvalue weighted by molar-refractivity contribution is -0.121. The number of carbonyl (C=O) groups excluding carboxylic acids is 1. The van der Waals surface area contributed by atoms with E-state index in [1.807, 2.05) is 0 Å². The van der Waals surface area contributed by atoms with Gasteiger partial charge in [0.2, 0.25) is 5.91 Å². The summed E-state index contributed by atoms with van der Waals surface area (Å²) in [6.07, 6.45) is 3.12. The number of amides is 1. The van der Waals surface area contributed by atoms with Crippen molar-refractivity contribution in [2.24, 2.45) is 11.1 Å². The van der Waals surface area contributed by atoms with Crippen molar-refractivity contribution >= 4 is 5.91 Å². The largest absolute Gasteiger partial charge is 0.394 e. The average Bonchev–Trinajstić information content (AvgIpc) is 2.31. The molecule has 0 aromatic carbocycles. The maximum Gasteiger partial charge on any atom is 0.220 e. The van der Waals surface area contributed by atoms with Crippen LogP contribution in [0.3, 0.4) is 0 Å². The van der Waals surface area contributed by atoms with Crippen molar-refractivity contribution in [2.45, 2.75) is 39.5 Å². The topological polar surface area (TPSA) is 84.6 Å². The molecule has 0 saturated heterocycles. The van der Waals surface area contributed by atoms with Crippen molar-refractivity contribution in [2.75, 3.05) is 32.9 Å². The zero-order valence-corrected chi connectivity index (χ0v) is 11.7. The number of hydrogen-bond donors (Lipinski definition) is 3. The van der Waals surface area contributed by atoms with Crippen LogP contribution in [0.4, 0.5) is 0 Å². The Balaban J connectivity index is 3.48. The molecule has 0 fully saturated rings. The molecule has 5 nitrogen and oxygen atoms in total. The number of carbonyl (C=O) groups is 1. The Morgan fingerprint density at radius 3 is 2.67 bits per heavy atom. The first kappa shape index (κ1) is 17.4. The average molecular weight is 260 g/mol. The van der Waals surface area contributed by atoms with Crippen molar-refractivity contribution in [1.82, 2.24) is 5.32 Å². The van der Waals surface area contributed by atoms with Crippen LogP contribution < -0.4 is 11.1 Å². The van der Waals surface area contributed by atoms with Crippen molar-refractivity contribution in [1.29, 1.82) is 0 Å². The molecule has 0 saturated carbocycles. The molecule has 0 aromatic rings. The zero-order valence-electron chi connectivity index (χ0n) is 11.7. The number of rotatable bonds is 11. The molecule has 0 aromatic heterocycles. The van der Waals surface area contributed by atoms with Gasteiger partial charge in [-0.25, -0.2) is 0 Å². The maximum atomic E-state index is 11.6. The summed E-state index contributed by atoms with van der Waals surface area (Å²) >= 11 is 0. The lowest BCUT2D eigenvalue weighted by atomic mass is 9.84. The van der Waals surface area contributed by atoms with Crippen molar-refractivity contribution < 1.29 is 14.6 Å². The van der Waals surface area contributed by atoms with Crippen LogP contribution >= 0.6 is 0 Å². The van der Waals surface area contributed by atoms with Crippen LogP contribution in [-0.4, -0.2) is 43.9 Å². The van der Waals surface area contributed by atoms with Gasteiger partial charge in [-0.15, -0.1) is 0 Å². The fraction of sp³-hybridized carbons (Fsp3) is 0.923. The van der Waals surface area contributed by atoms with E-state index in [2.05, 4.69) is 19.2 Å². The van der Waals surface area contributed by atoms with Gasteiger partial charge in [-0.05, 0) is 31.2 Å². The van der Waals surface area contributed by atoms with Gasteiger partial charge < -0.3 is 20.9 Å². The summed E-state index contributed by atoms with van der Waals surface area (Å²) < 4.78 is 5.10. The van der Waals surface area contributed by atoms with Gasteiger partial charge in [0.15, 0.2) is 0 Å². The van der Waals surface area contributed by atoms with Crippen LogP contribution in [0.5, 0.6) is 0 Å². The fourth-order valence-corrected chi connectivity index (χ4v) is 1.62. The highest BCUT2D eigenvalue weighted by Crippen LogP contribution is 2.25. The summed E-state index contributed by atoms with van der Waals surface area (Å²) in [5.74, 6) is 0.0854. The quantitative estimate of drug-likeness (QED) is 0.476. The summed E-state index contributed by atoms with van der Waals surface area (Å²) in [7, 11) is 0. The van der Waals surface area contributed by atoms with Gasteiger partial charge in [0.1, 0.15) is 0 Å². The molecule has 0 radical (unpaired) electrons. The van der Waals surface area contributed by atoms with Crippen LogP contribution in [0.2, 0.25) is 0 Å². The van der Waals surface area contributed by atoms with E-state index < -0.39 is 0 Å². The Morgan fingerprint density at radius 1 is 1.33 bits per heavy atom. The fourth-order valence-electron chi connectivity index (χ4n) is 1.62. The minimum Gasteiger partial charge on any atom is -0.394 e. The van der Waals surface area contributed by atoms with Gasteiger partial charge in [0.05, 0.1) is 13.2 Å². The third-order valence-corrected chi connectivity index (χ3v) is 2.87. The molecule has 5 heteroatoms. The molecule has 0 aliphatic carbocycles. The van der Waals surface area contributed by atoms with E-state index in [0.29, 0.717) is 32.7 Å². The Hall–Kier alpha value is -0.650.